The number of halogens is 1. The summed E-state index contributed by atoms with van der Waals surface area (Å²) in [7, 11) is 0. The first kappa shape index (κ1) is 17.4. The number of pyridine rings is 2. The molecule has 2 aromatic heterocycles. The van der Waals surface area contributed by atoms with Crippen molar-refractivity contribution < 1.29 is 13.9 Å². The molecule has 6 heteroatoms. The van der Waals surface area contributed by atoms with E-state index in [9.17, 15) is 4.39 Å². The normalized spacial score (nSPS) is 26.3. The van der Waals surface area contributed by atoms with Crippen LogP contribution in [0.4, 0.5) is 4.39 Å². The average molecular weight is 357 g/mol. The molecule has 2 aliphatic heterocycles. The van der Waals surface area contributed by atoms with Crippen molar-refractivity contribution >= 4 is 0 Å². The van der Waals surface area contributed by atoms with Crippen LogP contribution in [0.5, 0.6) is 5.88 Å². The van der Waals surface area contributed by atoms with E-state index in [0.29, 0.717) is 6.61 Å². The fourth-order valence-corrected chi connectivity index (χ4v) is 4.17. The maximum Gasteiger partial charge on any atom is 0.250 e. The summed E-state index contributed by atoms with van der Waals surface area (Å²) in [6.07, 6.45) is 8.42. The quantitative estimate of drug-likeness (QED) is 0.823. The molecular weight excluding hydrogens is 333 g/mol. The van der Waals surface area contributed by atoms with Crippen LogP contribution < -0.4 is 4.74 Å². The molecule has 0 aromatic carbocycles. The number of hydrogen-bond acceptors (Lipinski definition) is 5. The maximum absolute atomic E-state index is 13.9. The highest BCUT2D eigenvalue weighted by Crippen LogP contribution is 2.41. The van der Waals surface area contributed by atoms with Crippen LogP contribution in [0, 0.1) is 11.2 Å². The number of nitrogens with zero attached hydrogens (tertiary/aromatic N) is 3. The number of hydrogen-bond donors (Lipinski definition) is 0. The Balaban J connectivity index is 1.48. The van der Waals surface area contributed by atoms with Crippen LogP contribution in [-0.2, 0) is 11.3 Å². The number of rotatable bonds is 5. The lowest BCUT2D eigenvalue weighted by Crippen LogP contribution is -2.57. The first-order chi connectivity index (χ1) is 12.8. The van der Waals surface area contributed by atoms with Gasteiger partial charge in [0.1, 0.15) is 0 Å². The van der Waals surface area contributed by atoms with Crippen LogP contribution in [0.15, 0.2) is 42.9 Å². The van der Waals surface area contributed by atoms with Crippen molar-refractivity contribution in [2.45, 2.75) is 31.9 Å². The highest BCUT2D eigenvalue weighted by atomic mass is 19.1. The van der Waals surface area contributed by atoms with Gasteiger partial charge in [-0.05, 0) is 43.0 Å². The Morgan fingerprint density at radius 1 is 1.31 bits per heavy atom. The first-order valence-electron chi connectivity index (χ1n) is 9.21. The molecule has 0 bridgehead atoms. The Morgan fingerprint density at radius 3 is 3.08 bits per heavy atom. The predicted octanol–water partition coefficient (Wildman–Crippen LogP) is 3.07. The number of aromatic nitrogens is 2. The molecule has 4 heterocycles. The van der Waals surface area contributed by atoms with Gasteiger partial charge in [-0.15, -0.1) is 0 Å². The summed E-state index contributed by atoms with van der Waals surface area (Å²) in [4.78, 5) is 10.7. The van der Waals surface area contributed by atoms with Gasteiger partial charge in [-0.25, -0.2) is 9.37 Å². The van der Waals surface area contributed by atoms with Gasteiger partial charge in [0.05, 0.1) is 12.7 Å². The van der Waals surface area contributed by atoms with Gasteiger partial charge in [-0.1, -0.05) is 6.07 Å². The van der Waals surface area contributed by atoms with Crippen molar-refractivity contribution in [3.63, 3.8) is 0 Å². The predicted molar refractivity (Wildman–Crippen MR) is 95.2 cm³/mol. The van der Waals surface area contributed by atoms with E-state index < -0.39 is 5.82 Å². The van der Waals surface area contributed by atoms with E-state index in [1.165, 1.54) is 11.6 Å². The third-order valence-electron chi connectivity index (χ3n) is 5.42. The molecule has 2 unspecified atom stereocenters. The Morgan fingerprint density at radius 2 is 2.23 bits per heavy atom. The van der Waals surface area contributed by atoms with Gasteiger partial charge in [-0.3, -0.25) is 9.88 Å². The van der Waals surface area contributed by atoms with Crippen molar-refractivity contribution in [1.29, 1.82) is 0 Å². The summed E-state index contributed by atoms with van der Waals surface area (Å²) in [5.74, 6) is -0.337. The molecule has 26 heavy (non-hydrogen) atoms. The van der Waals surface area contributed by atoms with E-state index in [0.717, 1.165) is 45.5 Å². The Kier molecular flexibility index (Phi) is 5.13. The lowest BCUT2D eigenvalue weighted by molar-refractivity contribution is -0.141. The summed E-state index contributed by atoms with van der Waals surface area (Å²) in [5.41, 5.74) is 1.08. The lowest BCUT2D eigenvalue weighted by atomic mass is 9.73. The number of likely N-dealkylation sites (tertiary alicyclic amines) is 1. The Bertz CT molecular complexity index is 730. The molecule has 0 saturated carbocycles. The van der Waals surface area contributed by atoms with Gasteiger partial charge < -0.3 is 9.47 Å². The molecule has 2 aromatic rings. The molecule has 0 aliphatic carbocycles. The van der Waals surface area contributed by atoms with Gasteiger partial charge >= 0.3 is 0 Å². The zero-order valence-corrected chi connectivity index (χ0v) is 14.8. The van der Waals surface area contributed by atoms with Crippen LogP contribution >= 0.6 is 0 Å². The largest absolute Gasteiger partial charge is 0.475 e. The average Bonchev–Trinajstić information content (AvgIpc) is 2.68. The van der Waals surface area contributed by atoms with Crippen LogP contribution in [0.25, 0.3) is 0 Å². The molecule has 2 atom stereocenters. The molecule has 0 radical (unpaired) electrons. The number of ether oxygens (including phenoxy) is 2. The zero-order valence-electron chi connectivity index (χ0n) is 14.8. The molecule has 2 aliphatic rings. The minimum atomic E-state index is -0.416. The van der Waals surface area contributed by atoms with E-state index >= 15 is 0 Å². The van der Waals surface area contributed by atoms with Crippen molar-refractivity contribution in [3.8, 4) is 5.88 Å². The molecule has 2 fully saturated rings. The van der Waals surface area contributed by atoms with E-state index in [-0.39, 0.29) is 17.4 Å². The van der Waals surface area contributed by atoms with Crippen LogP contribution in [0.3, 0.4) is 0 Å². The minimum Gasteiger partial charge on any atom is -0.475 e. The lowest BCUT2D eigenvalue weighted by Gasteiger charge is -2.50. The summed E-state index contributed by atoms with van der Waals surface area (Å²) >= 11 is 0. The standard InChI is InChI=1S/C20H24FN3O2/c21-17-5-2-9-23-19(17)26-15-20-7-3-11-25-18(20)6-10-24(14-20)13-16-4-1-8-22-12-16/h1-2,4-5,8-9,12,18H,3,6-7,10-11,13-15H2. The SMILES string of the molecule is Fc1cccnc1OCC12CCCOC1CCN(Cc1cccnc1)C2. The molecule has 0 N–H and O–H groups in total. The second-order valence-electron chi connectivity index (χ2n) is 7.27. The topological polar surface area (TPSA) is 47.5 Å². The smallest absolute Gasteiger partial charge is 0.250 e. The second-order valence-corrected chi connectivity index (χ2v) is 7.27. The third-order valence-corrected chi connectivity index (χ3v) is 5.42. The summed E-state index contributed by atoms with van der Waals surface area (Å²) in [5, 5.41) is 0. The first-order valence-corrected chi connectivity index (χ1v) is 9.21. The minimum absolute atomic E-state index is 0.0792. The van der Waals surface area contributed by atoms with Crippen LogP contribution in [-0.4, -0.2) is 47.3 Å². The van der Waals surface area contributed by atoms with E-state index in [2.05, 4.69) is 20.9 Å². The summed E-state index contributed by atoms with van der Waals surface area (Å²) in [6.45, 7) is 3.95. The molecule has 4 rings (SSSR count). The van der Waals surface area contributed by atoms with E-state index in [1.807, 2.05) is 12.3 Å². The molecule has 138 valence electrons. The van der Waals surface area contributed by atoms with Crippen LogP contribution in [0.2, 0.25) is 0 Å². The molecule has 0 spiro atoms. The van der Waals surface area contributed by atoms with E-state index in [4.69, 9.17) is 9.47 Å². The fraction of sp³-hybridized carbons (Fsp3) is 0.500. The third kappa shape index (κ3) is 3.71. The van der Waals surface area contributed by atoms with Crippen molar-refractivity contribution in [1.82, 2.24) is 14.9 Å². The molecule has 0 amide bonds. The molecule has 5 nitrogen and oxygen atoms in total. The van der Waals surface area contributed by atoms with Gasteiger partial charge in [0.15, 0.2) is 5.82 Å². The highest BCUT2D eigenvalue weighted by molar-refractivity contribution is 5.14. The summed E-state index contributed by atoms with van der Waals surface area (Å²) < 4.78 is 25.8. The number of piperidine rings is 1. The van der Waals surface area contributed by atoms with Crippen molar-refractivity contribution in [2.75, 3.05) is 26.3 Å². The van der Waals surface area contributed by atoms with E-state index in [1.54, 1.807) is 18.5 Å². The summed E-state index contributed by atoms with van der Waals surface area (Å²) in [6, 6.07) is 7.02. The van der Waals surface area contributed by atoms with Gasteiger partial charge in [0, 0.05) is 50.2 Å². The fourth-order valence-electron chi connectivity index (χ4n) is 4.17. The second kappa shape index (κ2) is 7.68. The maximum atomic E-state index is 13.9. The van der Waals surface area contributed by atoms with Crippen molar-refractivity contribution in [2.24, 2.45) is 5.41 Å². The van der Waals surface area contributed by atoms with Gasteiger partial charge in [-0.2, -0.15) is 0 Å². The molecule has 2 saturated heterocycles. The van der Waals surface area contributed by atoms with Crippen LogP contribution in [0.1, 0.15) is 24.8 Å². The Labute approximate surface area is 153 Å². The van der Waals surface area contributed by atoms with Gasteiger partial charge in [0.2, 0.25) is 5.88 Å². The molecular formula is C20H24FN3O2. The number of fused-ring (bicyclic) bond motifs is 1. The van der Waals surface area contributed by atoms with Crippen molar-refractivity contribution in [3.05, 3.63) is 54.2 Å². The van der Waals surface area contributed by atoms with Gasteiger partial charge in [0.25, 0.3) is 0 Å². The Hall–Kier alpha value is -2.05. The monoisotopic (exact) mass is 357 g/mol. The highest BCUT2D eigenvalue weighted by Gasteiger charge is 2.46. The zero-order chi connectivity index (χ0) is 17.8.